The quantitative estimate of drug-likeness (QED) is 0.769. The SMILES string of the molecule is CCn1nc(C)c(Br)c1COc1cc(F)cc(Br)c1. The van der Waals surface area contributed by atoms with Gasteiger partial charge in [-0.1, -0.05) is 15.9 Å². The van der Waals surface area contributed by atoms with Crippen LogP contribution in [-0.4, -0.2) is 9.78 Å². The number of aryl methyl sites for hydroxylation is 2. The first-order valence-electron chi connectivity index (χ1n) is 5.82. The Balaban J connectivity index is 2.18. The van der Waals surface area contributed by atoms with Crippen molar-refractivity contribution in [1.29, 1.82) is 0 Å². The van der Waals surface area contributed by atoms with Gasteiger partial charge in [-0.25, -0.2) is 4.39 Å². The van der Waals surface area contributed by atoms with Gasteiger partial charge in [0, 0.05) is 17.1 Å². The summed E-state index contributed by atoms with van der Waals surface area (Å²) in [6.07, 6.45) is 0. The van der Waals surface area contributed by atoms with Crippen molar-refractivity contribution in [2.75, 3.05) is 0 Å². The summed E-state index contributed by atoms with van der Waals surface area (Å²) < 4.78 is 22.3. The summed E-state index contributed by atoms with van der Waals surface area (Å²) in [5.41, 5.74) is 1.86. The van der Waals surface area contributed by atoms with Crippen molar-refractivity contribution in [3.8, 4) is 5.75 Å². The average molecular weight is 392 g/mol. The molecule has 0 saturated heterocycles. The Morgan fingerprint density at radius 3 is 2.68 bits per heavy atom. The molecule has 0 atom stereocenters. The minimum absolute atomic E-state index is 0.330. The van der Waals surface area contributed by atoms with Crippen LogP contribution >= 0.6 is 31.9 Å². The van der Waals surface area contributed by atoms with Gasteiger partial charge < -0.3 is 4.74 Å². The normalized spacial score (nSPS) is 10.8. The fraction of sp³-hybridized carbons (Fsp3) is 0.308. The number of hydrogen-bond acceptors (Lipinski definition) is 2. The average Bonchev–Trinajstić information content (AvgIpc) is 2.62. The molecule has 0 spiro atoms. The van der Waals surface area contributed by atoms with Crippen molar-refractivity contribution < 1.29 is 9.13 Å². The van der Waals surface area contributed by atoms with Gasteiger partial charge in [0.1, 0.15) is 18.2 Å². The van der Waals surface area contributed by atoms with Crippen molar-refractivity contribution in [2.45, 2.75) is 27.0 Å². The third kappa shape index (κ3) is 3.36. The third-order valence-corrected chi connectivity index (χ3v) is 4.15. The maximum absolute atomic E-state index is 13.2. The van der Waals surface area contributed by atoms with Gasteiger partial charge in [-0.3, -0.25) is 4.68 Å². The Bertz CT molecular complexity index is 578. The Morgan fingerprint density at radius 1 is 1.32 bits per heavy atom. The van der Waals surface area contributed by atoms with Gasteiger partial charge in [-0.2, -0.15) is 5.10 Å². The van der Waals surface area contributed by atoms with Crippen LogP contribution in [0, 0.1) is 12.7 Å². The number of benzene rings is 1. The van der Waals surface area contributed by atoms with Crippen LogP contribution in [0.3, 0.4) is 0 Å². The summed E-state index contributed by atoms with van der Waals surface area (Å²) in [5.74, 6) is 0.156. The van der Waals surface area contributed by atoms with Crippen molar-refractivity contribution >= 4 is 31.9 Å². The highest BCUT2D eigenvalue weighted by Crippen LogP contribution is 2.25. The van der Waals surface area contributed by atoms with Crippen LogP contribution in [0.2, 0.25) is 0 Å². The molecule has 1 aromatic carbocycles. The summed E-state index contributed by atoms with van der Waals surface area (Å²) in [4.78, 5) is 0. The van der Waals surface area contributed by atoms with E-state index in [9.17, 15) is 4.39 Å². The van der Waals surface area contributed by atoms with Crippen molar-refractivity contribution in [3.63, 3.8) is 0 Å². The van der Waals surface area contributed by atoms with Gasteiger partial charge in [0.2, 0.25) is 0 Å². The standard InChI is InChI=1S/C13H13Br2FN2O/c1-3-18-12(13(15)8(2)17-18)7-19-11-5-9(14)4-10(16)6-11/h4-6H,3,7H2,1-2H3. The zero-order valence-electron chi connectivity index (χ0n) is 10.6. The molecule has 1 heterocycles. The number of hydrogen-bond donors (Lipinski definition) is 0. The van der Waals surface area contributed by atoms with E-state index in [1.165, 1.54) is 12.1 Å². The number of nitrogens with zero attached hydrogens (tertiary/aromatic N) is 2. The van der Waals surface area contributed by atoms with E-state index >= 15 is 0 Å². The fourth-order valence-electron chi connectivity index (χ4n) is 1.77. The van der Waals surface area contributed by atoms with E-state index in [0.717, 1.165) is 22.4 Å². The molecule has 19 heavy (non-hydrogen) atoms. The molecular formula is C13H13Br2FN2O. The predicted octanol–water partition coefficient (Wildman–Crippen LogP) is 4.45. The number of rotatable bonds is 4. The molecule has 0 saturated carbocycles. The summed E-state index contributed by atoms with van der Waals surface area (Å²) >= 11 is 6.74. The van der Waals surface area contributed by atoms with Gasteiger partial charge in [-0.05, 0) is 41.9 Å². The summed E-state index contributed by atoms with van der Waals surface area (Å²) in [5, 5.41) is 4.38. The van der Waals surface area contributed by atoms with Gasteiger partial charge in [0.15, 0.2) is 0 Å². The molecule has 6 heteroatoms. The van der Waals surface area contributed by atoms with E-state index in [4.69, 9.17) is 4.74 Å². The highest BCUT2D eigenvalue weighted by Gasteiger charge is 2.12. The van der Waals surface area contributed by atoms with Gasteiger partial charge >= 0.3 is 0 Å². The molecule has 0 aliphatic carbocycles. The van der Waals surface area contributed by atoms with Gasteiger partial charge in [-0.15, -0.1) is 0 Å². The monoisotopic (exact) mass is 390 g/mol. The van der Waals surface area contributed by atoms with Gasteiger partial charge in [0.25, 0.3) is 0 Å². The van der Waals surface area contributed by atoms with E-state index < -0.39 is 0 Å². The van der Waals surface area contributed by atoms with Crippen LogP contribution in [0.1, 0.15) is 18.3 Å². The number of aromatic nitrogens is 2. The summed E-state index contributed by atoms with van der Waals surface area (Å²) in [6, 6.07) is 4.48. The van der Waals surface area contributed by atoms with E-state index in [1.54, 1.807) is 6.07 Å². The lowest BCUT2D eigenvalue weighted by molar-refractivity contribution is 0.290. The van der Waals surface area contributed by atoms with Crippen molar-refractivity contribution in [3.05, 3.63) is 44.3 Å². The molecule has 2 rings (SSSR count). The maximum Gasteiger partial charge on any atom is 0.131 e. The first kappa shape index (κ1) is 14.5. The first-order valence-corrected chi connectivity index (χ1v) is 7.40. The van der Waals surface area contributed by atoms with Crippen LogP contribution < -0.4 is 4.74 Å². The first-order chi connectivity index (χ1) is 9.01. The molecule has 2 aromatic rings. The van der Waals surface area contributed by atoms with Crippen molar-refractivity contribution in [2.24, 2.45) is 0 Å². The van der Waals surface area contributed by atoms with Crippen molar-refractivity contribution in [1.82, 2.24) is 9.78 Å². The van der Waals surface area contributed by atoms with Crippen LogP contribution in [0.4, 0.5) is 4.39 Å². The van der Waals surface area contributed by atoms with Crippen LogP contribution in [0.5, 0.6) is 5.75 Å². The second-order valence-corrected chi connectivity index (χ2v) is 5.76. The smallest absolute Gasteiger partial charge is 0.131 e. The molecule has 0 N–H and O–H groups in total. The highest BCUT2D eigenvalue weighted by molar-refractivity contribution is 9.10. The molecule has 0 bridgehead atoms. The molecule has 0 radical (unpaired) electrons. The number of ether oxygens (including phenoxy) is 1. The van der Waals surface area contributed by atoms with Crippen LogP contribution in [0.25, 0.3) is 0 Å². The topological polar surface area (TPSA) is 27.1 Å². The summed E-state index contributed by atoms with van der Waals surface area (Å²) in [7, 11) is 0. The summed E-state index contributed by atoms with van der Waals surface area (Å²) in [6.45, 7) is 5.04. The van der Waals surface area contributed by atoms with Gasteiger partial charge in [0.05, 0.1) is 15.9 Å². The molecular weight excluding hydrogens is 379 g/mol. The maximum atomic E-state index is 13.2. The largest absolute Gasteiger partial charge is 0.487 e. The lowest BCUT2D eigenvalue weighted by Crippen LogP contribution is -2.06. The third-order valence-electron chi connectivity index (χ3n) is 2.66. The lowest BCUT2D eigenvalue weighted by Gasteiger charge is -2.09. The Morgan fingerprint density at radius 2 is 2.05 bits per heavy atom. The molecule has 0 aliphatic heterocycles. The molecule has 102 valence electrons. The minimum atomic E-state index is -0.330. The molecule has 3 nitrogen and oxygen atoms in total. The minimum Gasteiger partial charge on any atom is -0.487 e. The second-order valence-electron chi connectivity index (χ2n) is 4.06. The molecule has 0 amide bonds. The molecule has 1 aromatic heterocycles. The predicted molar refractivity (Wildman–Crippen MR) is 78.8 cm³/mol. The molecule has 0 fully saturated rings. The molecule has 0 aliphatic rings. The van der Waals surface area contributed by atoms with E-state index in [2.05, 4.69) is 37.0 Å². The van der Waals surface area contributed by atoms with Crippen LogP contribution in [0.15, 0.2) is 27.1 Å². The van der Waals surface area contributed by atoms with E-state index in [-0.39, 0.29) is 5.82 Å². The zero-order valence-corrected chi connectivity index (χ0v) is 13.8. The fourth-order valence-corrected chi connectivity index (χ4v) is 2.61. The highest BCUT2D eigenvalue weighted by atomic mass is 79.9. The molecule has 0 unspecified atom stereocenters. The lowest BCUT2D eigenvalue weighted by atomic mass is 10.3. The van der Waals surface area contributed by atoms with Crippen LogP contribution in [-0.2, 0) is 13.2 Å². The Hall–Kier alpha value is -0.880. The van der Waals surface area contributed by atoms with E-state index in [0.29, 0.717) is 16.8 Å². The Kier molecular flexibility index (Phi) is 4.62. The Labute approximate surface area is 128 Å². The zero-order chi connectivity index (χ0) is 14.0. The van der Waals surface area contributed by atoms with E-state index in [1.807, 2.05) is 18.5 Å². The second kappa shape index (κ2) is 6.05. The number of halogens is 3.